The average molecular weight is 218 g/mol. The lowest BCUT2D eigenvalue weighted by molar-refractivity contribution is -0.127. The van der Waals surface area contributed by atoms with Crippen LogP contribution in [0.4, 0.5) is 13.2 Å². The van der Waals surface area contributed by atoms with Gasteiger partial charge in [0.05, 0.1) is 6.42 Å². The van der Waals surface area contributed by atoms with E-state index in [0.29, 0.717) is 12.0 Å². The Morgan fingerprint density at radius 1 is 1.07 bits per heavy atom. The van der Waals surface area contributed by atoms with Crippen molar-refractivity contribution in [1.82, 2.24) is 0 Å². The van der Waals surface area contributed by atoms with E-state index in [4.69, 9.17) is 0 Å². The maximum atomic E-state index is 12.1. The van der Waals surface area contributed by atoms with Crippen molar-refractivity contribution >= 4 is 0 Å². The molecule has 0 aromatic heterocycles. The van der Waals surface area contributed by atoms with Crippen molar-refractivity contribution in [2.75, 3.05) is 0 Å². The number of alkyl halides is 3. The van der Waals surface area contributed by atoms with Gasteiger partial charge >= 0.3 is 6.18 Å². The second kappa shape index (κ2) is 4.03. The lowest BCUT2D eigenvalue weighted by Crippen LogP contribution is -2.14. The number of halogens is 3. The third kappa shape index (κ3) is 4.10. The fourth-order valence-electron chi connectivity index (χ4n) is 1.71. The molecular weight excluding hydrogens is 201 g/mol. The van der Waals surface area contributed by atoms with Crippen LogP contribution in [0.5, 0.6) is 0 Å². The van der Waals surface area contributed by atoms with Crippen LogP contribution in [0.2, 0.25) is 0 Å². The molecule has 0 aliphatic heterocycles. The first-order valence-electron chi connectivity index (χ1n) is 5.14. The number of hydrogen-bond acceptors (Lipinski definition) is 0. The summed E-state index contributed by atoms with van der Waals surface area (Å²) in [7, 11) is 0. The number of hydrogen-bond donors (Lipinski definition) is 0. The predicted molar refractivity (Wildman–Crippen MR) is 55.5 cm³/mol. The SMILES string of the molecule is CC(C)(C)C1=CC=C(CC(F)(F)F)CC1. The molecular formula is C12H17F3. The third-order valence-corrected chi connectivity index (χ3v) is 2.63. The minimum Gasteiger partial charge on any atom is -0.171 e. The van der Waals surface area contributed by atoms with E-state index < -0.39 is 12.6 Å². The van der Waals surface area contributed by atoms with Crippen molar-refractivity contribution in [1.29, 1.82) is 0 Å². The quantitative estimate of drug-likeness (QED) is 0.601. The van der Waals surface area contributed by atoms with Gasteiger partial charge in [0.25, 0.3) is 0 Å². The Bertz CT molecular complexity index is 287. The standard InChI is InChI=1S/C12H17F3/c1-11(2,3)10-6-4-9(5-7-10)8-12(13,14)15/h4,6H,5,7-8H2,1-3H3. The Hall–Kier alpha value is -0.730. The van der Waals surface area contributed by atoms with Gasteiger partial charge in [-0.3, -0.25) is 0 Å². The summed E-state index contributed by atoms with van der Waals surface area (Å²) in [5.74, 6) is 0. The largest absolute Gasteiger partial charge is 0.392 e. The minimum atomic E-state index is -4.07. The molecule has 1 rings (SSSR count). The van der Waals surface area contributed by atoms with E-state index in [-0.39, 0.29) is 5.41 Å². The fourth-order valence-corrected chi connectivity index (χ4v) is 1.71. The Labute approximate surface area is 88.9 Å². The van der Waals surface area contributed by atoms with Gasteiger partial charge in [0.2, 0.25) is 0 Å². The zero-order valence-electron chi connectivity index (χ0n) is 9.41. The first-order chi connectivity index (χ1) is 6.68. The highest BCUT2D eigenvalue weighted by molar-refractivity contribution is 5.27. The molecule has 0 bridgehead atoms. The molecule has 0 N–H and O–H groups in total. The highest BCUT2D eigenvalue weighted by Gasteiger charge is 2.29. The van der Waals surface area contributed by atoms with Gasteiger partial charge in [-0.1, -0.05) is 44.1 Å². The molecule has 1 aliphatic rings. The maximum absolute atomic E-state index is 12.1. The van der Waals surface area contributed by atoms with E-state index in [2.05, 4.69) is 20.8 Å². The summed E-state index contributed by atoms with van der Waals surface area (Å²) in [5.41, 5.74) is 1.80. The van der Waals surface area contributed by atoms with Crippen LogP contribution in [0.1, 0.15) is 40.0 Å². The Morgan fingerprint density at radius 3 is 2.00 bits per heavy atom. The molecule has 0 aromatic rings. The zero-order valence-corrected chi connectivity index (χ0v) is 9.41. The first-order valence-corrected chi connectivity index (χ1v) is 5.14. The summed E-state index contributed by atoms with van der Waals surface area (Å²) in [6, 6.07) is 0. The topological polar surface area (TPSA) is 0 Å². The van der Waals surface area contributed by atoms with Crippen LogP contribution < -0.4 is 0 Å². The number of allylic oxidation sites excluding steroid dienone is 4. The van der Waals surface area contributed by atoms with Crippen molar-refractivity contribution in [3.63, 3.8) is 0 Å². The minimum absolute atomic E-state index is 0.0697. The van der Waals surface area contributed by atoms with Crippen molar-refractivity contribution in [3.8, 4) is 0 Å². The van der Waals surface area contributed by atoms with Gasteiger partial charge in [0.1, 0.15) is 0 Å². The lowest BCUT2D eigenvalue weighted by atomic mass is 9.80. The van der Waals surface area contributed by atoms with Crippen LogP contribution >= 0.6 is 0 Å². The van der Waals surface area contributed by atoms with E-state index in [1.165, 1.54) is 5.57 Å². The molecule has 0 radical (unpaired) electrons. The average Bonchev–Trinajstić information content (AvgIpc) is 2.00. The summed E-state index contributed by atoms with van der Waals surface area (Å²) in [6.45, 7) is 6.25. The highest BCUT2D eigenvalue weighted by atomic mass is 19.4. The van der Waals surface area contributed by atoms with Crippen molar-refractivity contribution in [2.24, 2.45) is 5.41 Å². The third-order valence-electron chi connectivity index (χ3n) is 2.63. The van der Waals surface area contributed by atoms with Gasteiger partial charge in [0, 0.05) is 0 Å². The maximum Gasteiger partial charge on any atom is 0.392 e. The van der Waals surface area contributed by atoms with Crippen LogP contribution in [0.3, 0.4) is 0 Å². The van der Waals surface area contributed by atoms with E-state index in [1.807, 2.05) is 6.08 Å². The van der Waals surface area contributed by atoms with Crippen LogP contribution in [-0.2, 0) is 0 Å². The molecule has 1 aliphatic carbocycles. The fraction of sp³-hybridized carbons (Fsp3) is 0.667. The zero-order chi connectivity index (χ0) is 11.7. The molecule has 86 valence electrons. The van der Waals surface area contributed by atoms with Gasteiger partial charge in [-0.15, -0.1) is 0 Å². The first kappa shape index (κ1) is 12.3. The molecule has 0 aromatic carbocycles. The van der Waals surface area contributed by atoms with Crippen molar-refractivity contribution in [2.45, 2.75) is 46.2 Å². The number of rotatable bonds is 1. The van der Waals surface area contributed by atoms with E-state index in [0.717, 1.165) is 6.42 Å². The molecule has 0 atom stereocenters. The Balaban J connectivity index is 2.69. The molecule has 15 heavy (non-hydrogen) atoms. The highest BCUT2D eigenvalue weighted by Crippen LogP contribution is 2.36. The molecule has 3 heteroatoms. The molecule has 0 amide bonds. The molecule has 0 unspecified atom stereocenters. The second-order valence-electron chi connectivity index (χ2n) is 5.06. The summed E-state index contributed by atoms with van der Waals surface area (Å²) < 4.78 is 36.3. The normalized spacial score (nSPS) is 18.5. The lowest BCUT2D eigenvalue weighted by Gasteiger charge is -2.26. The summed E-state index contributed by atoms with van der Waals surface area (Å²) in [5, 5.41) is 0. The van der Waals surface area contributed by atoms with Crippen molar-refractivity contribution in [3.05, 3.63) is 23.3 Å². The van der Waals surface area contributed by atoms with Gasteiger partial charge in [-0.2, -0.15) is 13.2 Å². The van der Waals surface area contributed by atoms with Gasteiger partial charge < -0.3 is 0 Å². The van der Waals surface area contributed by atoms with Crippen LogP contribution in [0.15, 0.2) is 23.3 Å². The molecule has 0 saturated heterocycles. The van der Waals surface area contributed by atoms with Crippen LogP contribution in [0, 0.1) is 5.41 Å². The van der Waals surface area contributed by atoms with Gasteiger partial charge in [0.15, 0.2) is 0 Å². The summed E-state index contributed by atoms with van der Waals surface area (Å²) >= 11 is 0. The Morgan fingerprint density at radius 2 is 1.67 bits per heavy atom. The summed E-state index contributed by atoms with van der Waals surface area (Å²) in [6.07, 6.45) is -0.0456. The molecule has 0 spiro atoms. The van der Waals surface area contributed by atoms with E-state index >= 15 is 0 Å². The van der Waals surface area contributed by atoms with Gasteiger partial charge in [-0.05, 0) is 18.3 Å². The van der Waals surface area contributed by atoms with E-state index in [9.17, 15) is 13.2 Å². The summed E-state index contributed by atoms with van der Waals surface area (Å²) in [4.78, 5) is 0. The Kier molecular flexibility index (Phi) is 3.31. The van der Waals surface area contributed by atoms with Gasteiger partial charge in [-0.25, -0.2) is 0 Å². The van der Waals surface area contributed by atoms with Crippen LogP contribution in [-0.4, -0.2) is 6.18 Å². The molecule has 0 nitrogen and oxygen atoms in total. The van der Waals surface area contributed by atoms with E-state index in [1.54, 1.807) is 6.08 Å². The van der Waals surface area contributed by atoms with Crippen molar-refractivity contribution < 1.29 is 13.2 Å². The monoisotopic (exact) mass is 218 g/mol. The molecule has 0 heterocycles. The van der Waals surface area contributed by atoms with Crippen LogP contribution in [0.25, 0.3) is 0 Å². The molecule has 0 saturated carbocycles. The second-order valence-corrected chi connectivity index (χ2v) is 5.06. The molecule has 0 fully saturated rings. The smallest absolute Gasteiger partial charge is 0.171 e. The predicted octanol–water partition coefficient (Wildman–Crippen LogP) is 4.63.